The SMILES string of the molecule is CC(C)(C)c1ccnc(N(c2ccc3sc4cc5c6ccccc6c6ccccc6c5cc4c3c2)c2cccc3c2oc2ccccc23)c1. The van der Waals surface area contributed by atoms with Crippen LogP contribution in [0.2, 0.25) is 0 Å². The Morgan fingerprint density at radius 1 is 0.531 bits per heavy atom. The van der Waals surface area contributed by atoms with Crippen molar-refractivity contribution in [1.82, 2.24) is 4.98 Å². The number of hydrogen-bond donors (Lipinski definition) is 0. The van der Waals surface area contributed by atoms with Gasteiger partial charge in [0.1, 0.15) is 11.4 Å². The molecule has 0 fully saturated rings. The zero-order valence-electron chi connectivity index (χ0n) is 27.5. The van der Waals surface area contributed by atoms with Gasteiger partial charge in [-0.15, -0.1) is 11.3 Å². The van der Waals surface area contributed by atoms with Crippen molar-refractivity contribution in [3.8, 4) is 0 Å². The molecule has 0 saturated carbocycles. The molecule has 0 unspecified atom stereocenters. The van der Waals surface area contributed by atoms with Crippen molar-refractivity contribution >= 4 is 103 Å². The lowest BCUT2D eigenvalue weighted by Gasteiger charge is -2.27. The third-order valence-electron chi connectivity index (χ3n) is 10.0. The summed E-state index contributed by atoms with van der Waals surface area (Å²) in [7, 11) is 0. The van der Waals surface area contributed by atoms with Crippen molar-refractivity contribution in [1.29, 1.82) is 0 Å². The van der Waals surface area contributed by atoms with Gasteiger partial charge >= 0.3 is 0 Å². The molecule has 7 aromatic carbocycles. The van der Waals surface area contributed by atoms with Gasteiger partial charge in [0.05, 0.1) is 5.69 Å². The fourth-order valence-electron chi connectivity index (χ4n) is 7.61. The summed E-state index contributed by atoms with van der Waals surface area (Å²) in [6.45, 7) is 6.74. The van der Waals surface area contributed by atoms with Gasteiger partial charge in [0.2, 0.25) is 0 Å². The summed E-state index contributed by atoms with van der Waals surface area (Å²) < 4.78 is 9.16. The van der Waals surface area contributed by atoms with Gasteiger partial charge in [-0.05, 0) is 97.9 Å². The number of para-hydroxylation sites is 2. The number of hydrogen-bond acceptors (Lipinski definition) is 4. The highest BCUT2D eigenvalue weighted by Crippen LogP contribution is 2.46. The number of nitrogens with zero attached hydrogens (tertiary/aromatic N) is 2. The highest BCUT2D eigenvalue weighted by molar-refractivity contribution is 7.25. The first kappa shape index (κ1) is 28.3. The van der Waals surface area contributed by atoms with Crippen LogP contribution in [-0.4, -0.2) is 4.98 Å². The lowest BCUT2D eigenvalue weighted by Crippen LogP contribution is -2.15. The van der Waals surface area contributed by atoms with Crippen LogP contribution in [-0.2, 0) is 5.41 Å². The molecule has 10 aromatic rings. The van der Waals surface area contributed by atoms with Crippen LogP contribution >= 0.6 is 11.3 Å². The Hall–Kier alpha value is -5.71. The molecule has 3 heterocycles. The number of aromatic nitrogens is 1. The van der Waals surface area contributed by atoms with E-state index in [4.69, 9.17) is 9.40 Å². The second-order valence-electron chi connectivity index (χ2n) is 14.0. The van der Waals surface area contributed by atoms with E-state index in [-0.39, 0.29) is 5.41 Å². The van der Waals surface area contributed by atoms with E-state index in [9.17, 15) is 0 Å². The minimum atomic E-state index is -0.0315. The molecule has 0 atom stereocenters. The third-order valence-corrected chi connectivity index (χ3v) is 11.2. The summed E-state index contributed by atoms with van der Waals surface area (Å²) in [6, 6.07) is 48.3. The van der Waals surface area contributed by atoms with Gasteiger partial charge in [0.15, 0.2) is 5.58 Å². The Morgan fingerprint density at radius 3 is 1.90 bits per heavy atom. The molecule has 0 aliphatic heterocycles. The molecule has 3 aromatic heterocycles. The topological polar surface area (TPSA) is 29.3 Å². The maximum Gasteiger partial charge on any atom is 0.159 e. The molecule has 234 valence electrons. The van der Waals surface area contributed by atoms with Crippen molar-refractivity contribution in [3.05, 3.63) is 145 Å². The highest BCUT2D eigenvalue weighted by Gasteiger charge is 2.23. The third kappa shape index (κ3) is 4.30. The Bertz CT molecular complexity index is 2940. The number of pyridine rings is 1. The van der Waals surface area contributed by atoms with Crippen LogP contribution in [0.3, 0.4) is 0 Å². The van der Waals surface area contributed by atoms with E-state index in [0.717, 1.165) is 39.1 Å². The van der Waals surface area contributed by atoms with Crippen LogP contribution in [0.4, 0.5) is 17.2 Å². The molecule has 0 aliphatic carbocycles. The molecule has 0 N–H and O–H groups in total. The zero-order chi connectivity index (χ0) is 32.9. The van der Waals surface area contributed by atoms with Crippen LogP contribution in [0.5, 0.6) is 0 Å². The number of furan rings is 1. The number of rotatable bonds is 3. The molecule has 0 bridgehead atoms. The van der Waals surface area contributed by atoms with Crippen LogP contribution in [0.25, 0.3) is 74.4 Å². The normalized spacial score (nSPS) is 12.4. The lowest BCUT2D eigenvalue weighted by atomic mass is 9.87. The minimum absolute atomic E-state index is 0.0315. The average molecular weight is 649 g/mol. The van der Waals surface area contributed by atoms with Gasteiger partial charge in [-0.1, -0.05) is 99.6 Å². The van der Waals surface area contributed by atoms with Gasteiger partial charge in [-0.3, -0.25) is 4.90 Å². The molecule has 0 spiro atoms. The van der Waals surface area contributed by atoms with E-state index < -0.39 is 0 Å². The van der Waals surface area contributed by atoms with Gasteiger partial charge in [-0.2, -0.15) is 0 Å². The number of fused-ring (bicyclic) bond motifs is 12. The summed E-state index contributed by atoms with van der Waals surface area (Å²) in [5.74, 6) is 0.863. The highest BCUT2D eigenvalue weighted by atomic mass is 32.1. The van der Waals surface area contributed by atoms with Gasteiger partial charge in [0.25, 0.3) is 0 Å². The molecule has 49 heavy (non-hydrogen) atoms. The van der Waals surface area contributed by atoms with E-state index in [1.54, 1.807) is 0 Å². The van der Waals surface area contributed by atoms with Crippen LogP contribution in [0.15, 0.2) is 144 Å². The quantitative estimate of drug-likeness (QED) is 0.179. The largest absolute Gasteiger partial charge is 0.454 e. The summed E-state index contributed by atoms with van der Waals surface area (Å²) in [4.78, 5) is 7.26. The maximum absolute atomic E-state index is 6.60. The fraction of sp³-hybridized carbons (Fsp3) is 0.0889. The first-order valence-corrected chi connectivity index (χ1v) is 17.6. The number of anilines is 3. The fourth-order valence-corrected chi connectivity index (χ4v) is 8.72. The summed E-state index contributed by atoms with van der Waals surface area (Å²) >= 11 is 1.86. The first-order valence-electron chi connectivity index (χ1n) is 16.8. The monoisotopic (exact) mass is 648 g/mol. The lowest BCUT2D eigenvalue weighted by molar-refractivity contribution is 0.589. The molecule has 0 amide bonds. The Morgan fingerprint density at radius 2 is 1.16 bits per heavy atom. The predicted octanol–water partition coefficient (Wildman–Crippen LogP) is 13.6. The van der Waals surface area contributed by atoms with Gasteiger partial charge in [-0.25, -0.2) is 4.98 Å². The van der Waals surface area contributed by atoms with Crippen molar-refractivity contribution in [3.63, 3.8) is 0 Å². The Kier molecular flexibility index (Phi) is 6.01. The van der Waals surface area contributed by atoms with Crippen molar-refractivity contribution in [2.45, 2.75) is 26.2 Å². The smallest absolute Gasteiger partial charge is 0.159 e. The van der Waals surface area contributed by atoms with Crippen LogP contribution < -0.4 is 4.90 Å². The van der Waals surface area contributed by atoms with E-state index in [1.807, 2.05) is 29.7 Å². The number of thiophene rings is 1. The number of benzene rings is 7. The van der Waals surface area contributed by atoms with E-state index in [0.29, 0.717) is 0 Å². The summed E-state index contributed by atoms with van der Waals surface area (Å²) in [5.41, 5.74) is 4.94. The average Bonchev–Trinajstić information content (AvgIpc) is 3.69. The van der Waals surface area contributed by atoms with E-state index >= 15 is 0 Å². The predicted molar refractivity (Wildman–Crippen MR) is 210 cm³/mol. The molecule has 0 aliphatic rings. The van der Waals surface area contributed by atoms with Crippen molar-refractivity contribution in [2.75, 3.05) is 4.90 Å². The van der Waals surface area contributed by atoms with Crippen LogP contribution in [0, 0.1) is 0 Å². The van der Waals surface area contributed by atoms with Gasteiger partial charge in [0, 0.05) is 42.8 Å². The molecule has 4 heteroatoms. The Balaban J connectivity index is 1.26. The van der Waals surface area contributed by atoms with E-state index in [2.05, 4.69) is 147 Å². The first-order chi connectivity index (χ1) is 23.9. The molecule has 3 nitrogen and oxygen atoms in total. The molecule has 0 radical (unpaired) electrons. The van der Waals surface area contributed by atoms with Crippen molar-refractivity contribution in [2.24, 2.45) is 0 Å². The molecule has 0 saturated heterocycles. The molecule has 10 rings (SSSR count). The second-order valence-corrected chi connectivity index (χ2v) is 15.1. The zero-order valence-corrected chi connectivity index (χ0v) is 28.3. The molecular formula is C45H32N2OS. The van der Waals surface area contributed by atoms with Crippen LogP contribution in [0.1, 0.15) is 26.3 Å². The maximum atomic E-state index is 6.60. The second kappa shape index (κ2) is 10.4. The minimum Gasteiger partial charge on any atom is -0.454 e. The van der Waals surface area contributed by atoms with Gasteiger partial charge < -0.3 is 4.42 Å². The standard InChI is InChI=1S/C45H32N2OS/c1-45(2,3)27-21-22-46-43(23-27)47(39-17-10-16-34-33-15-8-9-18-40(33)48-44(34)39)28-19-20-41-37(24-28)38-25-35-31-13-6-4-11-29(31)30-12-5-7-14-32(30)36(35)26-42(38)49-41/h4-26H,1-3H3. The molecular weight excluding hydrogens is 617 g/mol. The summed E-state index contributed by atoms with van der Waals surface area (Å²) in [6.07, 6.45) is 1.93. The van der Waals surface area contributed by atoms with Crippen molar-refractivity contribution < 1.29 is 4.42 Å². The summed E-state index contributed by atoms with van der Waals surface area (Å²) in [5, 5.41) is 12.5. The Labute approximate surface area is 287 Å². The van der Waals surface area contributed by atoms with E-state index in [1.165, 1.54) is 58.1 Å².